The van der Waals surface area contributed by atoms with Crippen molar-refractivity contribution in [3.63, 3.8) is 0 Å². The van der Waals surface area contributed by atoms with E-state index in [-0.39, 0.29) is 22.8 Å². The highest BCUT2D eigenvalue weighted by atomic mass is 32.2. The van der Waals surface area contributed by atoms with Gasteiger partial charge in [0.05, 0.1) is 28.3 Å². The number of carbonyl (C=O) groups is 1. The van der Waals surface area contributed by atoms with E-state index < -0.39 is 0 Å². The highest BCUT2D eigenvalue weighted by Gasteiger charge is 2.35. The van der Waals surface area contributed by atoms with Crippen molar-refractivity contribution in [1.82, 2.24) is 9.78 Å². The van der Waals surface area contributed by atoms with Crippen LogP contribution in [0.15, 0.2) is 24.3 Å². The number of amides is 1. The first-order chi connectivity index (χ1) is 12.8. The minimum Gasteiger partial charge on any atom is -0.375 e. The molecule has 4 rings (SSSR count). The molecule has 1 fully saturated rings. The van der Waals surface area contributed by atoms with Gasteiger partial charge in [0, 0.05) is 12.2 Å². The summed E-state index contributed by atoms with van der Waals surface area (Å²) in [6.45, 7) is 9.11. The lowest BCUT2D eigenvalue weighted by Gasteiger charge is -2.36. The molecule has 1 aromatic heterocycles. The molecule has 27 heavy (non-hydrogen) atoms. The number of aryl methyl sites for hydroxylation is 2. The number of ether oxygens (including phenoxy) is 1. The number of hydrogen-bond donors (Lipinski definition) is 1. The molecule has 2 atom stereocenters. The van der Waals surface area contributed by atoms with Gasteiger partial charge in [-0.3, -0.25) is 4.79 Å². The molecule has 6 heteroatoms. The topological polar surface area (TPSA) is 56.2 Å². The fraction of sp³-hybridized carbons (Fsp3) is 0.524. The lowest BCUT2D eigenvalue weighted by molar-refractivity contribution is -0.113. The molecule has 1 aromatic carbocycles. The molecule has 0 spiro atoms. The third-order valence-electron chi connectivity index (χ3n) is 5.43. The van der Waals surface area contributed by atoms with Crippen LogP contribution in [0.3, 0.4) is 0 Å². The minimum atomic E-state index is -0.171. The lowest BCUT2D eigenvalue weighted by Crippen LogP contribution is -2.36. The predicted octanol–water partition coefficient (Wildman–Crippen LogP) is 4.40. The van der Waals surface area contributed by atoms with Crippen molar-refractivity contribution in [2.24, 2.45) is 0 Å². The zero-order valence-electron chi connectivity index (χ0n) is 16.4. The second-order valence-corrected chi connectivity index (χ2v) is 9.29. The number of rotatable bonds is 2. The second-order valence-electron chi connectivity index (χ2n) is 8.20. The second kappa shape index (κ2) is 6.99. The fourth-order valence-electron chi connectivity index (χ4n) is 4.09. The van der Waals surface area contributed by atoms with E-state index in [1.807, 2.05) is 0 Å². The number of benzene rings is 1. The summed E-state index contributed by atoms with van der Waals surface area (Å²) in [5, 5.41) is 8.14. The number of carbonyl (C=O) groups excluding carboxylic acids is 1. The Morgan fingerprint density at radius 1 is 1.26 bits per heavy atom. The fourth-order valence-corrected chi connectivity index (χ4v) is 5.27. The number of nitrogens with zero attached hydrogens (tertiary/aromatic N) is 2. The maximum Gasteiger partial charge on any atom is 0.235 e. The van der Waals surface area contributed by atoms with Gasteiger partial charge in [-0.05, 0) is 46.1 Å². The molecular formula is C21H27N3O2S. The van der Waals surface area contributed by atoms with Crippen LogP contribution in [0, 0.1) is 13.8 Å². The van der Waals surface area contributed by atoms with Gasteiger partial charge in [-0.15, -0.1) is 11.8 Å². The molecule has 3 heterocycles. The highest BCUT2D eigenvalue weighted by Crippen LogP contribution is 2.45. The van der Waals surface area contributed by atoms with Crippen molar-refractivity contribution in [2.75, 3.05) is 17.7 Å². The summed E-state index contributed by atoms with van der Waals surface area (Å²) >= 11 is 1.68. The molecule has 1 N–H and O–H groups in total. The summed E-state index contributed by atoms with van der Waals surface area (Å²) in [7, 11) is 0. The Kier molecular flexibility index (Phi) is 4.80. The Labute approximate surface area is 164 Å². The van der Waals surface area contributed by atoms with Gasteiger partial charge in [-0.25, -0.2) is 4.68 Å². The largest absolute Gasteiger partial charge is 0.375 e. The first-order valence-corrected chi connectivity index (χ1v) is 10.6. The molecule has 1 saturated heterocycles. The Balaban J connectivity index is 1.78. The number of nitrogens with one attached hydrogen (secondary N) is 1. The summed E-state index contributed by atoms with van der Waals surface area (Å²) in [4.78, 5) is 12.5. The summed E-state index contributed by atoms with van der Waals surface area (Å²) in [6, 6.07) is 8.84. The smallest absolute Gasteiger partial charge is 0.235 e. The van der Waals surface area contributed by atoms with E-state index >= 15 is 0 Å². The molecular weight excluding hydrogens is 358 g/mol. The number of fused-ring (bicyclic) bond motifs is 1. The first-order valence-electron chi connectivity index (χ1n) is 9.55. The number of aromatic nitrogens is 2. The van der Waals surface area contributed by atoms with E-state index in [4.69, 9.17) is 9.84 Å². The van der Waals surface area contributed by atoms with E-state index in [1.54, 1.807) is 11.8 Å². The lowest BCUT2D eigenvalue weighted by atomic mass is 9.94. The number of thioether (sulfide) groups is 1. The molecule has 1 amide bonds. The normalized spacial score (nSPS) is 24.8. The maximum absolute atomic E-state index is 12.5. The molecule has 2 aliphatic heterocycles. The van der Waals surface area contributed by atoms with E-state index in [1.165, 1.54) is 11.1 Å². The van der Waals surface area contributed by atoms with Crippen molar-refractivity contribution in [3.8, 4) is 0 Å². The molecule has 0 bridgehead atoms. The van der Waals surface area contributed by atoms with E-state index in [2.05, 4.69) is 62.0 Å². The Morgan fingerprint density at radius 2 is 2.00 bits per heavy atom. The first kappa shape index (κ1) is 18.6. The average molecular weight is 386 g/mol. The van der Waals surface area contributed by atoms with Crippen LogP contribution in [0.4, 0.5) is 5.82 Å². The van der Waals surface area contributed by atoms with Gasteiger partial charge in [0.15, 0.2) is 0 Å². The third-order valence-corrected chi connectivity index (χ3v) is 6.70. The van der Waals surface area contributed by atoms with Gasteiger partial charge in [0.25, 0.3) is 0 Å². The molecule has 144 valence electrons. The van der Waals surface area contributed by atoms with Gasteiger partial charge in [0.2, 0.25) is 5.91 Å². The van der Waals surface area contributed by atoms with Crippen molar-refractivity contribution in [2.45, 2.75) is 57.4 Å². The van der Waals surface area contributed by atoms with Gasteiger partial charge in [0.1, 0.15) is 5.82 Å². The van der Waals surface area contributed by atoms with Crippen LogP contribution in [0.1, 0.15) is 60.4 Å². The van der Waals surface area contributed by atoms with Gasteiger partial charge in [-0.1, -0.05) is 29.8 Å². The standard InChI is InChI=1S/C21H27N3O2S/c1-13-5-7-15(8-6-13)19-18-14(2)23-24(20(18)22-17(25)12-27-19)16-9-10-26-21(3,4)11-16/h5-8,16,19H,9-12H2,1-4H3,(H,22,25)/t16-,19-/m1/s1. The minimum absolute atomic E-state index is 0.0448. The zero-order valence-corrected chi connectivity index (χ0v) is 17.2. The SMILES string of the molecule is Cc1ccc([C@H]2SCC(=O)Nc3c2c(C)nn3[C@@H]2CCOC(C)(C)C2)cc1. The van der Waals surface area contributed by atoms with Crippen LogP contribution < -0.4 is 5.32 Å². The number of hydrogen-bond acceptors (Lipinski definition) is 4. The summed E-state index contributed by atoms with van der Waals surface area (Å²) in [5.41, 5.74) is 4.42. The van der Waals surface area contributed by atoms with Crippen LogP contribution in [-0.4, -0.2) is 33.6 Å². The van der Waals surface area contributed by atoms with Gasteiger partial charge < -0.3 is 10.1 Å². The predicted molar refractivity (Wildman–Crippen MR) is 109 cm³/mol. The molecule has 2 aromatic rings. The van der Waals surface area contributed by atoms with E-state index in [9.17, 15) is 4.79 Å². The monoisotopic (exact) mass is 385 g/mol. The Morgan fingerprint density at radius 3 is 2.70 bits per heavy atom. The number of anilines is 1. The average Bonchev–Trinajstić information content (AvgIpc) is 2.81. The summed E-state index contributed by atoms with van der Waals surface area (Å²) < 4.78 is 7.94. The molecule has 5 nitrogen and oxygen atoms in total. The van der Waals surface area contributed by atoms with Crippen LogP contribution in [0.25, 0.3) is 0 Å². The summed E-state index contributed by atoms with van der Waals surface area (Å²) in [6.07, 6.45) is 1.80. The van der Waals surface area contributed by atoms with E-state index in [0.717, 1.165) is 36.5 Å². The van der Waals surface area contributed by atoms with Crippen molar-refractivity contribution < 1.29 is 9.53 Å². The van der Waals surface area contributed by atoms with Crippen LogP contribution in [-0.2, 0) is 9.53 Å². The third kappa shape index (κ3) is 3.65. The Hall–Kier alpha value is -1.79. The van der Waals surface area contributed by atoms with Gasteiger partial charge in [-0.2, -0.15) is 5.10 Å². The van der Waals surface area contributed by atoms with Crippen LogP contribution >= 0.6 is 11.8 Å². The van der Waals surface area contributed by atoms with Gasteiger partial charge >= 0.3 is 0 Å². The van der Waals surface area contributed by atoms with E-state index in [0.29, 0.717) is 5.75 Å². The molecule has 0 saturated carbocycles. The van der Waals surface area contributed by atoms with Crippen LogP contribution in [0.5, 0.6) is 0 Å². The molecule has 2 aliphatic rings. The maximum atomic E-state index is 12.5. The van der Waals surface area contributed by atoms with Crippen LogP contribution in [0.2, 0.25) is 0 Å². The Bertz CT molecular complexity index is 857. The summed E-state index contributed by atoms with van der Waals surface area (Å²) in [5.74, 6) is 1.37. The highest BCUT2D eigenvalue weighted by molar-refractivity contribution is 8.00. The molecule has 0 aliphatic carbocycles. The van der Waals surface area contributed by atoms with Crippen molar-refractivity contribution >= 4 is 23.5 Å². The quantitative estimate of drug-likeness (QED) is 0.832. The van der Waals surface area contributed by atoms with Crippen molar-refractivity contribution in [1.29, 1.82) is 0 Å². The molecule has 0 radical (unpaired) electrons. The van der Waals surface area contributed by atoms with Crippen molar-refractivity contribution in [3.05, 3.63) is 46.6 Å². The molecule has 0 unspecified atom stereocenters. The zero-order chi connectivity index (χ0) is 19.2.